The molecule has 0 aliphatic carbocycles. The number of amides is 1. The van der Waals surface area contributed by atoms with Crippen molar-refractivity contribution in [2.24, 2.45) is 0 Å². The number of hydrogen-bond acceptors (Lipinski definition) is 5. The number of halogens is 2. The molecule has 1 amide bonds. The maximum atomic E-state index is 13.4. The smallest absolute Gasteiger partial charge is 0.251 e. The van der Waals surface area contributed by atoms with Gasteiger partial charge in [-0.3, -0.25) is 9.36 Å². The number of pyridine rings is 2. The fraction of sp³-hybridized carbons (Fsp3) is 0.0400. The van der Waals surface area contributed by atoms with Crippen molar-refractivity contribution in [1.29, 1.82) is 0 Å². The summed E-state index contributed by atoms with van der Waals surface area (Å²) in [5, 5.41) is 2.81. The topological polar surface area (TPSA) is 98.7 Å². The molecule has 5 aromatic rings. The second-order valence-electron chi connectivity index (χ2n) is 7.56. The summed E-state index contributed by atoms with van der Waals surface area (Å²) in [4.78, 5) is 25.8. The maximum Gasteiger partial charge on any atom is 0.251 e. The Morgan fingerprint density at radius 1 is 1.06 bits per heavy atom. The Morgan fingerprint density at radius 3 is 2.65 bits per heavy atom. The molecule has 168 valence electrons. The van der Waals surface area contributed by atoms with E-state index in [1.165, 1.54) is 18.2 Å². The van der Waals surface area contributed by atoms with Gasteiger partial charge in [-0.15, -0.1) is 0 Å². The summed E-state index contributed by atoms with van der Waals surface area (Å²) in [6, 6.07) is 18.8. The van der Waals surface area contributed by atoms with E-state index >= 15 is 0 Å². The summed E-state index contributed by atoms with van der Waals surface area (Å²) < 4.78 is 16.1. The zero-order valence-corrected chi connectivity index (χ0v) is 19.3. The lowest BCUT2D eigenvalue weighted by Crippen LogP contribution is -2.22. The highest BCUT2D eigenvalue weighted by atomic mass is 79.9. The lowest BCUT2D eigenvalue weighted by Gasteiger charge is -2.11. The summed E-state index contributed by atoms with van der Waals surface area (Å²) in [7, 11) is 0. The molecule has 0 bridgehead atoms. The number of carbonyl (C=O) groups excluding carboxylic acids is 1. The van der Waals surface area contributed by atoms with E-state index in [0.29, 0.717) is 34.9 Å². The van der Waals surface area contributed by atoms with Crippen LogP contribution in [0.15, 0.2) is 83.6 Å². The number of nitrogens with one attached hydrogen (secondary N) is 1. The van der Waals surface area contributed by atoms with Gasteiger partial charge in [-0.2, -0.15) is 0 Å². The van der Waals surface area contributed by atoms with Crippen LogP contribution >= 0.6 is 15.9 Å². The van der Waals surface area contributed by atoms with Crippen LogP contribution in [0, 0.1) is 5.82 Å². The molecule has 3 heterocycles. The number of hydrogen-bond donors (Lipinski definition) is 2. The Balaban J connectivity index is 1.46. The van der Waals surface area contributed by atoms with Gasteiger partial charge >= 0.3 is 0 Å². The molecule has 0 unspecified atom stereocenters. The Morgan fingerprint density at radius 2 is 1.88 bits per heavy atom. The number of aromatic nitrogens is 4. The molecule has 5 rings (SSSR count). The van der Waals surface area contributed by atoms with Gasteiger partial charge in [0.1, 0.15) is 17.2 Å². The van der Waals surface area contributed by atoms with E-state index < -0.39 is 5.82 Å². The Kier molecular flexibility index (Phi) is 5.77. The first kappa shape index (κ1) is 21.7. The van der Waals surface area contributed by atoms with Crippen molar-refractivity contribution >= 4 is 38.8 Å². The minimum absolute atomic E-state index is 0.275. The summed E-state index contributed by atoms with van der Waals surface area (Å²) >= 11 is 3.45. The van der Waals surface area contributed by atoms with Crippen LogP contribution in [0.5, 0.6) is 0 Å². The lowest BCUT2D eigenvalue weighted by molar-refractivity contribution is 0.0950. The van der Waals surface area contributed by atoms with Gasteiger partial charge in [-0.25, -0.2) is 19.3 Å². The zero-order chi connectivity index (χ0) is 23.7. The van der Waals surface area contributed by atoms with Gasteiger partial charge in [-0.1, -0.05) is 18.2 Å². The molecule has 3 N–H and O–H groups in total. The molecule has 0 aliphatic rings. The second kappa shape index (κ2) is 9.03. The van der Waals surface area contributed by atoms with Gasteiger partial charge in [0.25, 0.3) is 5.91 Å². The predicted octanol–water partition coefficient (Wildman–Crippen LogP) is 4.90. The molecule has 0 atom stereocenters. The summed E-state index contributed by atoms with van der Waals surface area (Å²) in [5.41, 5.74) is 10.2. The van der Waals surface area contributed by atoms with Crippen molar-refractivity contribution in [1.82, 2.24) is 24.8 Å². The monoisotopic (exact) mass is 516 g/mol. The van der Waals surface area contributed by atoms with Crippen LogP contribution in [-0.2, 0) is 6.54 Å². The van der Waals surface area contributed by atoms with E-state index in [9.17, 15) is 9.18 Å². The molecule has 0 saturated carbocycles. The van der Waals surface area contributed by atoms with Crippen LogP contribution in [0.4, 0.5) is 10.2 Å². The van der Waals surface area contributed by atoms with E-state index in [1.807, 2.05) is 47.0 Å². The molecule has 34 heavy (non-hydrogen) atoms. The highest BCUT2D eigenvalue weighted by Gasteiger charge is 2.18. The molecule has 9 heteroatoms. The van der Waals surface area contributed by atoms with Gasteiger partial charge in [0, 0.05) is 34.7 Å². The molecule has 0 fully saturated rings. The largest absolute Gasteiger partial charge is 0.383 e. The first-order chi connectivity index (χ1) is 16.5. The maximum absolute atomic E-state index is 13.4. The molecule has 0 spiro atoms. The molecule has 0 saturated heterocycles. The van der Waals surface area contributed by atoms with E-state index in [1.54, 1.807) is 18.5 Å². The van der Waals surface area contributed by atoms with Gasteiger partial charge in [0.05, 0.1) is 5.56 Å². The minimum atomic E-state index is -0.449. The lowest BCUT2D eigenvalue weighted by atomic mass is 10.1. The average Bonchev–Trinajstić information content (AvgIpc) is 3.21. The molecule has 2 aromatic carbocycles. The van der Waals surface area contributed by atoms with Crippen molar-refractivity contribution in [2.75, 3.05) is 5.73 Å². The fourth-order valence-electron chi connectivity index (χ4n) is 3.65. The molecular weight excluding hydrogens is 499 g/mol. The quantitative estimate of drug-likeness (QED) is 0.346. The number of nitrogens with zero attached hydrogens (tertiary/aromatic N) is 4. The molecule has 3 aromatic heterocycles. The highest BCUT2D eigenvalue weighted by molar-refractivity contribution is 9.10. The number of nitrogen functional groups attached to an aromatic ring is 1. The third kappa shape index (κ3) is 4.25. The highest BCUT2D eigenvalue weighted by Crippen LogP contribution is 2.31. The number of fused-ring (bicyclic) bond motifs is 1. The minimum Gasteiger partial charge on any atom is -0.383 e. The van der Waals surface area contributed by atoms with Crippen molar-refractivity contribution in [3.05, 3.63) is 101 Å². The Hall–Kier alpha value is -4.11. The average molecular weight is 517 g/mol. The SMILES string of the molecule is Nc1ncccc1-c1nc2cc(Br)cnc2n1-c1ccc(CNC(=O)c2cccc(F)c2)cc1. The van der Waals surface area contributed by atoms with E-state index in [0.717, 1.165) is 15.7 Å². The standard InChI is InChI=1S/C25H18BrFN6O/c26-17-12-21-24(30-14-17)33(23(32-21)20-5-2-10-29-22(20)28)19-8-6-15(7-9-19)13-31-25(34)16-3-1-4-18(27)11-16/h1-12,14H,13H2,(H2,28,29)(H,31,34). The first-order valence-electron chi connectivity index (χ1n) is 10.4. The summed E-state index contributed by atoms with van der Waals surface area (Å²) in [6.45, 7) is 0.300. The fourth-order valence-corrected chi connectivity index (χ4v) is 3.97. The van der Waals surface area contributed by atoms with Crippen LogP contribution in [0.1, 0.15) is 15.9 Å². The molecule has 0 aliphatic heterocycles. The van der Waals surface area contributed by atoms with Gasteiger partial charge < -0.3 is 11.1 Å². The number of carbonyl (C=O) groups is 1. The van der Waals surface area contributed by atoms with Crippen molar-refractivity contribution in [2.45, 2.75) is 6.54 Å². The molecule has 7 nitrogen and oxygen atoms in total. The van der Waals surface area contributed by atoms with Crippen molar-refractivity contribution < 1.29 is 9.18 Å². The van der Waals surface area contributed by atoms with Crippen molar-refractivity contribution in [3.63, 3.8) is 0 Å². The Bertz CT molecular complexity index is 1520. The normalized spacial score (nSPS) is 11.0. The van der Waals surface area contributed by atoms with Crippen molar-refractivity contribution in [3.8, 4) is 17.1 Å². The first-order valence-corrected chi connectivity index (χ1v) is 11.2. The van der Waals surface area contributed by atoms with Crippen LogP contribution in [0.3, 0.4) is 0 Å². The molecule has 0 radical (unpaired) electrons. The van der Waals surface area contributed by atoms with Gasteiger partial charge in [0.2, 0.25) is 0 Å². The van der Waals surface area contributed by atoms with Crippen LogP contribution < -0.4 is 11.1 Å². The van der Waals surface area contributed by atoms with Crippen LogP contribution in [0.25, 0.3) is 28.2 Å². The molecular formula is C25H18BrFN6O. The van der Waals surface area contributed by atoms with Crippen LogP contribution in [-0.4, -0.2) is 25.4 Å². The second-order valence-corrected chi connectivity index (χ2v) is 8.48. The predicted molar refractivity (Wildman–Crippen MR) is 132 cm³/mol. The third-order valence-electron chi connectivity index (χ3n) is 5.28. The number of benzene rings is 2. The van der Waals surface area contributed by atoms with Crippen LogP contribution in [0.2, 0.25) is 0 Å². The van der Waals surface area contributed by atoms with Gasteiger partial charge in [0.15, 0.2) is 11.5 Å². The summed E-state index contributed by atoms with van der Waals surface area (Å²) in [5.74, 6) is 0.205. The number of anilines is 1. The van der Waals surface area contributed by atoms with E-state index in [2.05, 4.69) is 31.2 Å². The Labute approximate surface area is 202 Å². The third-order valence-corrected chi connectivity index (χ3v) is 5.71. The van der Waals surface area contributed by atoms with E-state index in [-0.39, 0.29) is 11.5 Å². The summed E-state index contributed by atoms with van der Waals surface area (Å²) in [6.07, 6.45) is 3.35. The zero-order valence-electron chi connectivity index (χ0n) is 17.7. The number of rotatable bonds is 5. The number of imidazole rings is 1. The van der Waals surface area contributed by atoms with Gasteiger partial charge in [-0.05, 0) is 70.0 Å². The van der Waals surface area contributed by atoms with E-state index in [4.69, 9.17) is 10.7 Å². The number of nitrogens with two attached hydrogens (primary N) is 1.